The summed E-state index contributed by atoms with van der Waals surface area (Å²) in [6, 6.07) is 20.3. The molecule has 0 bridgehead atoms. The van der Waals surface area contributed by atoms with Gasteiger partial charge in [-0.15, -0.1) is 0 Å². The quantitative estimate of drug-likeness (QED) is 0.903. The topological polar surface area (TPSA) is 35.5 Å². The molecule has 3 rings (SSSR count). The van der Waals surface area contributed by atoms with Gasteiger partial charge in [-0.2, -0.15) is 0 Å². The second kappa shape index (κ2) is 6.85. The van der Waals surface area contributed by atoms with Crippen LogP contribution in [0.2, 0.25) is 0 Å². The van der Waals surface area contributed by atoms with E-state index in [0.717, 1.165) is 31.7 Å². The van der Waals surface area contributed by atoms with Crippen molar-refractivity contribution in [2.75, 3.05) is 26.2 Å². The summed E-state index contributed by atoms with van der Waals surface area (Å²) in [5.41, 5.74) is 2.15. The van der Waals surface area contributed by atoms with Gasteiger partial charge in [-0.05, 0) is 11.1 Å². The molecule has 2 aromatic rings. The average molecular weight is 282 g/mol. The minimum atomic E-state index is -0.508. The van der Waals surface area contributed by atoms with E-state index in [2.05, 4.69) is 22.3 Å². The van der Waals surface area contributed by atoms with Gasteiger partial charge >= 0.3 is 0 Å². The smallest absolute Gasteiger partial charge is 0.0986 e. The third-order valence-electron chi connectivity index (χ3n) is 4.13. The predicted octanol–water partition coefficient (Wildman–Crippen LogP) is 2.37. The lowest BCUT2D eigenvalue weighted by Crippen LogP contribution is -2.46. The van der Waals surface area contributed by atoms with Gasteiger partial charge < -0.3 is 10.4 Å². The molecule has 1 heterocycles. The summed E-state index contributed by atoms with van der Waals surface area (Å²) in [6.45, 7) is 3.88. The molecule has 3 heteroatoms. The number of aliphatic hydroxyl groups is 1. The van der Waals surface area contributed by atoms with Gasteiger partial charge in [-0.1, -0.05) is 60.7 Å². The normalized spacial score (nSPS) is 19.1. The number of piperazine rings is 1. The number of rotatable bonds is 4. The third-order valence-corrected chi connectivity index (χ3v) is 4.13. The summed E-state index contributed by atoms with van der Waals surface area (Å²) >= 11 is 0. The second-order valence-electron chi connectivity index (χ2n) is 5.50. The molecule has 0 saturated carbocycles. The van der Waals surface area contributed by atoms with E-state index in [0.29, 0.717) is 0 Å². The lowest BCUT2D eigenvalue weighted by molar-refractivity contribution is 0.0401. The van der Waals surface area contributed by atoms with Crippen molar-refractivity contribution in [3.8, 4) is 0 Å². The molecule has 1 saturated heterocycles. The van der Waals surface area contributed by atoms with Crippen molar-refractivity contribution < 1.29 is 5.11 Å². The maximum absolute atomic E-state index is 10.9. The number of nitrogens with one attached hydrogen (secondary N) is 1. The molecule has 0 amide bonds. The highest BCUT2D eigenvalue weighted by atomic mass is 16.3. The molecule has 2 aromatic carbocycles. The number of aliphatic hydroxyl groups excluding tert-OH is 1. The fraction of sp³-hybridized carbons (Fsp3) is 0.333. The molecule has 2 atom stereocenters. The van der Waals surface area contributed by atoms with Crippen LogP contribution >= 0.6 is 0 Å². The average Bonchev–Trinajstić information content (AvgIpc) is 2.58. The minimum absolute atomic E-state index is 0.00991. The van der Waals surface area contributed by atoms with Gasteiger partial charge in [0, 0.05) is 26.2 Å². The maximum atomic E-state index is 10.9. The van der Waals surface area contributed by atoms with Gasteiger partial charge in [-0.25, -0.2) is 0 Å². The first-order chi connectivity index (χ1) is 10.4. The Hall–Kier alpha value is -1.68. The summed E-state index contributed by atoms with van der Waals surface area (Å²) in [5.74, 6) is 0. The van der Waals surface area contributed by atoms with Crippen molar-refractivity contribution in [3.63, 3.8) is 0 Å². The van der Waals surface area contributed by atoms with Gasteiger partial charge in [0.25, 0.3) is 0 Å². The Balaban J connectivity index is 1.92. The van der Waals surface area contributed by atoms with Crippen LogP contribution in [0, 0.1) is 0 Å². The monoisotopic (exact) mass is 282 g/mol. The number of hydrogen-bond acceptors (Lipinski definition) is 3. The lowest BCUT2D eigenvalue weighted by atomic mass is 9.94. The highest BCUT2D eigenvalue weighted by molar-refractivity contribution is 5.26. The Morgan fingerprint density at radius 1 is 0.810 bits per heavy atom. The van der Waals surface area contributed by atoms with Gasteiger partial charge in [0.1, 0.15) is 0 Å². The predicted molar refractivity (Wildman–Crippen MR) is 85.0 cm³/mol. The van der Waals surface area contributed by atoms with Crippen LogP contribution in [0.25, 0.3) is 0 Å². The zero-order chi connectivity index (χ0) is 14.5. The fourth-order valence-corrected chi connectivity index (χ4v) is 3.04. The van der Waals surface area contributed by atoms with Crippen molar-refractivity contribution in [2.45, 2.75) is 12.1 Å². The highest BCUT2D eigenvalue weighted by Crippen LogP contribution is 2.34. The number of benzene rings is 2. The Morgan fingerprint density at radius 3 is 1.90 bits per heavy atom. The molecular formula is C18H22N2O. The Labute approximate surface area is 126 Å². The van der Waals surface area contributed by atoms with Crippen molar-refractivity contribution >= 4 is 0 Å². The van der Waals surface area contributed by atoms with Crippen LogP contribution in [-0.2, 0) is 0 Å². The Kier molecular flexibility index (Phi) is 4.65. The number of hydrogen-bond donors (Lipinski definition) is 2. The molecular weight excluding hydrogens is 260 g/mol. The lowest BCUT2D eigenvalue weighted by Gasteiger charge is -2.38. The SMILES string of the molecule is O[C@H](c1ccccc1)[C@@H](c1ccccc1)N1CCNCC1. The molecule has 21 heavy (non-hydrogen) atoms. The Morgan fingerprint density at radius 2 is 1.33 bits per heavy atom. The van der Waals surface area contributed by atoms with Gasteiger partial charge in [-0.3, -0.25) is 4.90 Å². The van der Waals surface area contributed by atoms with Crippen LogP contribution in [0.15, 0.2) is 60.7 Å². The summed E-state index contributed by atoms with van der Waals surface area (Å²) < 4.78 is 0. The van der Waals surface area contributed by atoms with Crippen LogP contribution in [0.1, 0.15) is 23.3 Å². The van der Waals surface area contributed by atoms with Crippen LogP contribution in [0.3, 0.4) is 0 Å². The second-order valence-corrected chi connectivity index (χ2v) is 5.50. The van der Waals surface area contributed by atoms with Crippen LogP contribution in [0.4, 0.5) is 0 Å². The molecule has 1 aliphatic heterocycles. The van der Waals surface area contributed by atoms with Crippen LogP contribution in [-0.4, -0.2) is 36.2 Å². The van der Waals surface area contributed by atoms with Gasteiger partial charge in [0.2, 0.25) is 0 Å². The maximum Gasteiger partial charge on any atom is 0.0986 e. The summed E-state index contributed by atoms with van der Waals surface area (Å²) in [5, 5.41) is 14.3. The molecule has 110 valence electrons. The molecule has 1 aliphatic rings. The zero-order valence-corrected chi connectivity index (χ0v) is 12.2. The van der Waals surface area contributed by atoms with Crippen molar-refractivity contribution in [1.29, 1.82) is 0 Å². The van der Waals surface area contributed by atoms with E-state index >= 15 is 0 Å². The standard InChI is InChI=1S/C18H22N2O/c21-18(16-9-5-2-6-10-16)17(15-7-3-1-4-8-15)20-13-11-19-12-14-20/h1-10,17-19,21H,11-14H2/t17-,18-/m1/s1. The van der Waals surface area contributed by atoms with E-state index in [4.69, 9.17) is 0 Å². The van der Waals surface area contributed by atoms with E-state index in [1.165, 1.54) is 5.56 Å². The molecule has 2 N–H and O–H groups in total. The van der Waals surface area contributed by atoms with E-state index in [1.54, 1.807) is 0 Å². The number of nitrogens with zero attached hydrogens (tertiary/aromatic N) is 1. The fourth-order valence-electron chi connectivity index (χ4n) is 3.04. The molecule has 0 aromatic heterocycles. The molecule has 0 unspecified atom stereocenters. The Bertz CT molecular complexity index is 538. The summed E-state index contributed by atoms with van der Waals surface area (Å²) in [6.07, 6.45) is -0.508. The van der Waals surface area contributed by atoms with Crippen molar-refractivity contribution in [2.24, 2.45) is 0 Å². The minimum Gasteiger partial charge on any atom is -0.386 e. The first kappa shape index (κ1) is 14.3. The highest BCUT2D eigenvalue weighted by Gasteiger charge is 2.29. The third kappa shape index (κ3) is 3.32. The van der Waals surface area contributed by atoms with Crippen molar-refractivity contribution in [3.05, 3.63) is 71.8 Å². The zero-order valence-electron chi connectivity index (χ0n) is 12.2. The first-order valence-electron chi connectivity index (χ1n) is 7.59. The van der Waals surface area contributed by atoms with Gasteiger partial charge in [0.15, 0.2) is 0 Å². The molecule has 0 radical (unpaired) electrons. The molecule has 0 aliphatic carbocycles. The largest absolute Gasteiger partial charge is 0.386 e. The van der Waals surface area contributed by atoms with Gasteiger partial charge in [0.05, 0.1) is 12.1 Å². The van der Waals surface area contributed by atoms with Crippen molar-refractivity contribution in [1.82, 2.24) is 10.2 Å². The summed E-state index contributed by atoms with van der Waals surface area (Å²) in [4.78, 5) is 2.38. The molecule has 1 fully saturated rings. The van der Waals surface area contributed by atoms with Crippen LogP contribution < -0.4 is 5.32 Å². The van der Waals surface area contributed by atoms with E-state index < -0.39 is 6.10 Å². The van der Waals surface area contributed by atoms with Crippen LogP contribution in [0.5, 0.6) is 0 Å². The van der Waals surface area contributed by atoms with E-state index in [-0.39, 0.29) is 6.04 Å². The van der Waals surface area contributed by atoms with E-state index in [1.807, 2.05) is 48.5 Å². The molecule has 0 spiro atoms. The van der Waals surface area contributed by atoms with E-state index in [9.17, 15) is 5.11 Å². The first-order valence-corrected chi connectivity index (χ1v) is 7.59. The summed E-state index contributed by atoms with van der Waals surface area (Å²) in [7, 11) is 0. The molecule has 3 nitrogen and oxygen atoms in total.